The van der Waals surface area contributed by atoms with Crippen molar-refractivity contribution < 1.29 is 9.59 Å². The Morgan fingerprint density at radius 1 is 1.26 bits per heavy atom. The summed E-state index contributed by atoms with van der Waals surface area (Å²) in [6.45, 7) is 12.8. The van der Waals surface area contributed by atoms with Crippen molar-refractivity contribution in [2.75, 3.05) is 45.8 Å². The van der Waals surface area contributed by atoms with E-state index in [1.54, 1.807) is 11.0 Å². The lowest BCUT2D eigenvalue weighted by molar-refractivity contribution is -0.134. The molecule has 5 heteroatoms. The molecule has 1 fully saturated rings. The maximum absolute atomic E-state index is 12.1. The number of carbonyl (C=O) groups excluding carboxylic acids is 2. The predicted molar refractivity (Wildman–Crippen MR) is 75.8 cm³/mol. The molecule has 0 radical (unpaired) electrons. The minimum Gasteiger partial charge on any atom is -0.340 e. The van der Waals surface area contributed by atoms with Crippen LogP contribution < -0.4 is 0 Å². The van der Waals surface area contributed by atoms with Gasteiger partial charge in [-0.2, -0.15) is 0 Å². The molecule has 1 heterocycles. The second-order valence-electron chi connectivity index (χ2n) is 4.82. The van der Waals surface area contributed by atoms with E-state index in [1.165, 1.54) is 6.92 Å². The van der Waals surface area contributed by atoms with Crippen LogP contribution in [0.15, 0.2) is 12.7 Å². The maximum Gasteiger partial charge on any atom is 0.224 e. The Hall–Kier alpha value is -1.36. The summed E-state index contributed by atoms with van der Waals surface area (Å²) in [5.74, 6) is 0.134. The van der Waals surface area contributed by atoms with Crippen molar-refractivity contribution in [3.05, 3.63) is 12.7 Å². The number of carbonyl (C=O) groups is 2. The topological polar surface area (TPSA) is 43.9 Å². The zero-order valence-corrected chi connectivity index (χ0v) is 12.1. The molecule has 0 bridgehead atoms. The van der Waals surface area contributed by atoms with Crippen LogP contribution in [-0.4, -0.2) is 72.3 Å². The maximum atomic E-state index is 12.1. The summed E-state index contributed by atoms with van der Waals surface area (Å²) in [7, 11) is 0. The Kier molecular flexibility index (Phi) is 6.56. The summed E-state index contributed by atoms with van der Waals surface area (Å²) in [5, 5.41) is 0. The molecule has 1 rings (SSSR count). The lowest BCUT2D eigenvalue weighted by atomic mass is 10.2. The third kappa shape index (κ3) is 5.03. The number of hydrogen-bond donors (Lipinski definition) is 0. The van der Waals surface area contributed by atoms with Crippen LogP contribution in [0.5, 0.6) is 0 Å². The molecule has 5 nitrogen and oxygen atoms in total. The average molecular weight is 267 g/mol. The lowest BCUT2D eigenvalue weighted by Gasteiger charge is -2.34. The van der Waals surface area contributed by atoms with Crippen LogP contribution in [0.25, 0.3) is 0 Å². The van der Waals surface area contributed by atoms with Crippen LogP contribution in [0.1, 0.15) is 20.3 Å². The van der Waals surface area contributed by atoms with Crippen molar-refractivity contribution in [2.24, 2.45) is 0 Å². The second kappa shape index (κ2) is 7.94. The van der Waals surface area contributed by atoms with Gasteiger partial charge in [0.1, 0.15) is 0 Å². The molecule has 0 spiro atoms. The summed E-state index contributed by atoms with van der Waals surface area (Å²) in [5.41, 5.74) is 0. The minimum absolute atomic E-state index is 0.0106. The van der Waals surface area contributed by atoms with Gasteiger partial charge in [0.2, 0.25) is 11.8 Å². The van der Waals surface area contributed by atoms with Crippen molar-refractivity contribution in [3.63, 3.8) is 0 Å². The van der Waals surface area contributed by atoms with E-state index in [-0.39, 0.29) is 11.8 Å². The Morgan fingerprint density at radius 2 is 1.89 bits per heavy atom. The molecule has 2 amide bonds. The van der Waals surface area contributed by atoms with Gasteiger partial charge in [-0.1, -0.05) is 13.0 Å². The van der Waals surface area contributed by atoms with Crippen molar-refractivity contribution in [3.8, 4) is 0 Å². The van der Waals surface area contributed by atoms with Crippen molar-refractivity contribution >= 4 is 11.8 Å². The smallest absolute Gasteiger partial charge is 0.224 e. The monoisotopic (exact) mass is 267 g/mol. The molecule has 0 N–H and O–H groups in total. The van der Waals surface area contributed by atoms with Gasteiger partial charge in [-0.3, -0.25) is 9.59 Å². The number of amides is 2. The van der Waals surface area contributed by atoms with Gasteiger partial charge in [-0.15, -0.1) is 6.58 Å². The summed E-state index contributed by atoms with van der Waals surface area (Å²) < 4.78 is 0. The molecular weight excluding hydrogens is 242 g/mol. The average Bonchev–Trinajstić information content (AvgIpc) is 2.42. The highest BCUT2D eigenvalue weighted by Crippen LogP contribution is 2.04. The first-order valence-corrected chi connectivity index (χ1v) is 6.95. The van der Waals surface area contributed by atoms with Gasteiger partial charge < -0.3 is 14.7 Å². The quantitative estimate of drug-likeness (QED) is 0.661. The molecule has 0 aromatic carbocycles. The molecule has 108 valence electrons. The molecule has 1 saturated heterocycles. The van der Waals surface area contributed by atoms with Crippen molar-refractivity contribution in [2.45, 2.75) is 20.3 Å². The molecule has 19 heavy (non-hydrogen) atoms. The van der Waals surface area contributed by atoms with Crippen molar-refractivity contribution in [1.29, 1.82) is 0 Å². The largest absolute Gasteiger partial charge is 0.340 e. The van der Waals surface area contributed by atoms with E-state index in [4.69, 9.17) is 0 Å². The summed E-state index contributed by atoms with van der Waals surface area (Å²) in [6.07, 6.45) is 2.09. The Labute approximate surface area is 115 Å². The SMILES string of the molecule is C=CCN(CCC(=O)N1CCN(CC)CC1)C(C)=O. The van der Waals surface area contributed by atoms with Crippen LogP contribution in [0.4, 0.5) is 0 Å². The van der Waals surface area contributed by atoms with Gasteiger partial charge >= 0.3 is 0 Å². The van der Waals surface area contributed by atoms with Gasteiger partial charge in [0.15, 0.2) is 0 Å². The Morgan fingerprint density at radius 3 is 2.37 bits per heavy atom. The molecule has 0 atom stereocenters. The summed E-state index contributed by atoms with van der Waals surface area (Å²) in [4.78, 5) is 29.3. The highest BCUT2D eigenvalue weighted by atomic mass is 16.2. The van der Waals surface area contributed by atoms with Gasteiger partial charge in [-0.25, -0.2) is 0 Å². The molecule has 1 aliphatic rings. The molecule has 0 aromatic heterocycles. The van der Waals surface area contributed by atoms with Crippen LogP contribution in [0.3, 0.4) is 0 Å². The zero-order valence-electron chi connectivity index (χ0n) is 12.1. The third-order valence-electron chi connectivity index (χ3n) is 3.56. The van der Waals surface area contributed by atoms with E-state index >= 15 is 0 Å². The number of hydrogen-bond acceptors (Lipinski definition) is 3. The number of piperazine rings is 1. The highest BCUT2D eigenvalue weighted by Gasteiger charge is 2.20. The lowest BCUT2D eigenvalue weighted by Crippen LogP contribution is -2.49. The highest BCUT2D eigenvalue weighted by molar-refractivity contribution is 5.78. The standard InChI is InChI=1S/C14H25N3O2/c1-4-7-16(13(3)18)8-6-14(19)17-11-9-15(5-2)10-12-17/h4H,1,5-12H2,2-3H3. The summed E-state index contributed by atoms with van der Waals surface area (Å²) in [6, 6.07) is 0. The normalized spacial score (nSPS) is 16.2. The number of likely N-dealkylation sites (N-methyl/N-ethyl adjacent to an activating group) is 1. The number of nitrogens with zero attached hydrogens (tertiary/aromatic N) is 3. The fraction of sp³-hybridized carbons (Fsp3) is 0.714. The van der Waals surface area contributed by atoms with E-state index in [9.17, 15) is 9.59 Å². The van der Waals surface area contributed by atoms with E-state index in [2.05, 4.69) is 18.4 Å². The molecule has 0 unspecified atom stereocenters. The third-order valence-corrected chi connectivity index (χ3v) is 3.56. The van der Waals surface area contributed by atoms with Crippen LogP contribution in [-0.2, 0) is 9.59 Å². The number of rotatable bonds is 6. The van der Waals surface area contributed by atoms with Gasteiger partial charge in [-0.05, 0) is 6.54 Å². The van der Waals surface area contributed by atoms with E-state index in [1.807, 2.05) is 4.90 Å². The van der Waals surface area contributed by atoms with E-state index in [0.29, 0.717) is 19.5 Å². The first kappa shape index (κ1) is 15.7. The Bertz CT molecular complexity index is 323. The van der Waals surface area contributed by atoms with Gasteiger partial charge in [0, 0.05) is 52.6 Å². The Balaban J connectivity index is 2.34. The van der Waals surface area contributed by atoms with Crippen molar-refractivity contribution in [1.82, 2.24) is 14.7 Å². The molecular formula is C14H25N3O2. The van der Waals surface area contributed by atoms with E-state index in [0.717, 1.165) is 32.7 Å². The van der Waals surface area contributed by atoms with Crippen LogP contribution >= 0.6 is 0 Å². The zero-order chi connectivity index (χ0) is 14.3. The van der Waals surface area contributed by atoms with Gasteiger partial charge in [0.05, 0.1) is 0 Å². The first-order chi connectivity index (χ1) is 9.08. The molecule has 1 aliphatic heterocycles. The van der Waals surface area contributed by atoms with Gasteiger partial charge in [0.25, 0.3) is 0 Å². The fourth-order valence-corrected chi connectivity index (χ4v) is 2.24. The molecule has 0 aliphatic carbocycles. The van der Waals surface area contributed by atoms with E-state index < -0.39 is 0 Å². The molecule has 0 saturated carbocycles. The first-order valence-electron chi connectivity index (χ1n) is 6.95. The molecule has 0 aromatic rings. The second-order valence-corrected chi connectivity index (χ2v) is 4.82. The van der Waals surface area contributed by atoms with Crippen LogP contribution in [0.2, 0.25) is 0 Å². The van der Waals surface area contributed by atoms with Crippen LogP contribution in [0, 0.1) is 0 Å². The minimum atomic E-state index is -0.0106. The fourth-order valence-electron chi connectivity index (χ4n) is 2.24. The predicted octanol–water partition coefficient (Wildman–Crippen LogP) is 0.575. The summed E-state index contributed by atoms with van der Waals surface area (Å²) >= 11 is 0.